The number of hydrogen-bond acceptors (Lipinski definition) is 4. The summed E-state index contributed by atoms with van der Waals surface area (Å²) in [5.74, 6) is 0.456. The number of carbonyl (C=O) groups is 2. The molecule has 1 fully saturated rings. The summed E-state index contributed by atoms with van der Waals surface area (Å²) in [6, 6.07) is 19.2. The van der Waals surface area contributed by atoms with E-state index < -0.39 is 5.54 Å². The van der Waals surface area contributed by atoms with E-state index in [1.165, 1.54) is 6.42 Å². The molecule has 2 aromatic carbocycles. The first kappa shape index (κ1) is 24.1. The van der Waals surface area contributed by atoms with Crippen LogP contribution in [-0.4, -0.2) is 45.2 Å². The van der Waals surface area contributed by atoms with E-state index in [0.717, 1.165) is 42.6 Å². The van der Waals surface area contributed by atoms with Crippen LogP contribution in [0, 0.1) is 0 Å². The number of fused-ring (bicyclic) bond motifs is 1. The molecule has 2 aliphatic rings. The van der Waals surface area contributed by atoms with Crippen LogP contribution in [0.3, 0.4) is 0 Å². The molecule has 36 heavy (non-hydrogen) atoms. The number of methoxy groups -OCH3 is 1. The van der Waals surface area contributed by atoms with E-state index >= 15 is 0 Å². The number of nitrogens with one attached hydrogen (secondary N) is 1. The Bertz CT molecular complexity index is 1230. The van der Waals surface area contributed by atoms with Crippen LogP contribution in [0.1, 0.15) is 68.0 Å². The number of ether oxygens (including phenoxy) is 1. The molecule has 2 atom stereocenters. The molecule has 0 spiro atoms. The van der Waals surface area contributed by atoms with Crippen molar-refractivity contribution in [1.29, 1.82) is 0 Å². The van der Waals surface area contributed by atoms with Gasteiger partial charge in [0.1, 0.15) is 17.0 Å². The monoisotopic (exact) mass is 486 g/mol. The third-order valence-electron chi connectivity index (χ3n) is 7.69. The molecule has 7 nitrogen and oxygen atoms in total. The van der Waals surface area contributed by atoms with Gasteiger partial charge in [-0.1, -0.05) is 49.6 Å². The second kappa shape index (κ2) is 9.80. The van der Waals surface area contributed by atoms with Crippen LogP contribution in [0.25, 0.3) is 11.3 Å². The van der Waals surface area contributed by atoms with Gasteiger partial charge in [-0.2, -0.15) is 5.10 Å². The van der Waals surface area contributed by atoms with Gasteiger partial charge in [0.15, 0.2) is 0 Å². The highest BCUT2D eigenvalue weighted by atomic mass is 16.5. The molecule has 1 N–H and O–H groups in total. The van der Waals surface area contributed by atoms with E-state index in [4.69, 9.17) is 9.84 Å². The molecule has 188 valence electrons. The number of aromatic nitrogens is 2. The lowest BCUT2D eigenvalue weighted by atomic mass is 9.89. The summed E-state index contributed by atoms with van der Waals surface area (Å²) in [4.78, 5) is 29.7. The van der Waals surface area contributed by atoms with Gasteiger partial charge in [0.05, 0.1) is 25.4 Å². The van der Waals surface area contributed by atoms with Crippen molar-refractivity contribution in [2.24, 2.45) is 0 Å². The third-order valence-corrected chi connectivity index (χ3v) is 7.69. The first-order valence-corrected chi connectivity index (χ1v) is 12.8. The molecule has 7 heteroatoms. The molecule has 0 unspecified atom stereocenters. The quantitative estimate of drug-likeness (QED) is 0.533. The second-order valence-corrected chi connectivity index (χ2v) is 10.1. The Morgan fingerprint density at radius 2 is 1.78 bits per heavy atom. The highest BCUT2D eigenvalue weighted by Gasteiger charge is 2.50. The molecule has 0 saturated heterocycles. The van der Waals surface area contributed by atoms with Crippen molar-refractivity contribution in [3.63, 3.8) is 0 Å². The Labute approximate surface area is 212 Å². The molecule has 0 radical (unpaired) electrons. The zero-order chi connectivity index (χ0) is 25.3. The van der Waals surface area contributed by atoms with Crippen LogP contribution in [0.2, 0.25) is 0 Å². The van der Waals surface area contributed by atoms with Gasteiger partial charge in [0.2, 0.25) is 5.91 Å². The maximum absolute atomic E-state index is 14.1. The lowest BCUT2D eigenvalue weighted by Crippen LogP contribution is -2.65. The normalized spacial score (nSPS) is 21.1. The summed E-state index contributed by atoms with van der Waals surface area (Å²) in [5.41, 5.74) is 1.99. The fourth-order valence-electron chi connectivity index (χ4n) is 5.58. The summed E-state index contributed by atoms with van der Waals surface area (Å²) in [6.45, 7) is 4.16. The Morgan fingerprint density at radius 1 is 1.08 bits per heavy atom. The predicted molar refractivity (Wildman–Crippen MR) is 139 cm³/mol. The van der Waals surface area contributed by atoms with E-state index in [0.29, 0.717) is 17.9 Å². The average molecular weight is 487 g/mol. The van der Waals surface area contributed by atoms with Crippen molar-refractivity contribution in [3.8, 4) is 17.0 Å². The van der Waals surface area contributed by atoms with Gasteiger partial charge in [-0.05, 0) is 62.6 Å². The summed E-state index contributed by atoms with van der Waals surface area (Å²) < 4.78 is 6.98. The van der Waals surface area contributed by atoms with Crippen molar-refractivity contribution in [2.45, 2.75) is 70.1 Å². The van der Waals surface area contributed by atoms with E-state index in [2.05, 4.69) is 5.32 Å². The molecule has 1 aliphatic carbocycles. The lowest BCUT2D eigenvalue weighted by molar-refractivity contribution is -0.135. The summed E-state index contributed by atoms with van der Waals surface area (Å²) in [7, 11) is 1.63. The SMILES string of the molecule is COc1ccc(-c2cc3n(n2)C[C@](C)(C(=O)NC2CCCCC2)N([C@@H](C)c2ccccc2)C3=O)cc1. The average Bonchev–Trinajstić information content (AvgIpc) is 3.33. The number of rotatable bonds is 6. The highest BCUT2D eigenvalue weighted by molar-refractivity contribution is 6.00. The maximum atomic E-state index is 14.1. The topological polar surface area (TPSA) is 76.5 Å². The molecule has 2 amide bonds. The van der Waals surface area contributed by atoms with E-state index in [-0.39, 0.29) is 23.9 Å². The zero-order valence-electron chi connectivity index (χ0n) is 21.2. The number of benzene rings is 2. The van der Waals surface area contributed by atoms with Crippen molar-refractivity contribution >= 4 is 11.8 Å². The lowest BCUT2D eigenvalue weighted by Gasteiger charge is -2.47. The van der Waals surface area contributed by atoms with Gasteiger partial charge in [-0.15, -0.1) is 0 Å². The molecular weight excluding hydrogens is 452 g/mol. The smallest absolute Gasteiger partial charge is 0.273 e. The van der Waals surface area contributed by atoms with Crippen molar-refractivity contribution in [1.82, 2.24) is 20.0 Å². The number of hydrogen-bond donors (Lipinski definition) is 1. The Hall–Kier alpha value is -3.61. The number of nitrogens with zero attached hydrogens (tertiary/aromatic N) is 3. The maximum Gasteiger partial charge on any atom is 0.273 e. The Morgan fingerprint density at radius 3 is 2.44 bits per heavy atom. The number of amides is 2. The van der Waals surface area contributed by atoms with Gasteiger partial charge in [0, 0.05) is 11.6 Å². The minimum absolute atomic E-state index is 0.113. The van der Waals surface area contributed by atoms with Gasteiger partial charge in [-0.3, -0.25) is 14.3 Å². The fourth-order valence-corrected chi connectivity index (χ4v) is 5.58. The predicted octanol–water partition coefficient (Wildman–Crippen LogP) is 4.98. The van der Waals surface area contributed by atoms with Crippen LogP contribution < -0.4 is 10.1 Å². The molecule has 1 aliphatic heterocycles. The first-order chi connectivity index (χ1) is 17.4. The van der Waals surface area contributed by atoms with Crippen molar-refractivity contribution in [3.05, 3.63) is 71.9 Å². The second-order valence-electron chi connectivity index (χ2n) is 10.1. The molecule has 2 heterocycles. The van der Waals surface area contributed by atoms with Crippen molar-refractivity contribution < 1.29 is 14.3 Å². The molecule has 0 bridgehead atoms. The Kier molecular flexibility index (Phi) is 6.56. The molecule has 5 rings (SSSR count). The standard InChI is InChI=1S/C29H34N4O3/c1-20(21-10-6-4-7-11-21)33-27(34)26-18-25(22-14-16-24(36-3)17-15-22)31-32(26)19-29(33,2)28(35)30-23-12-8-5-9-13-23/h4,6-7,10-11,14-18,20,23H,5,8-9,12-13,19H2,1-3H3,(H,30,35)/t20-,29+/m0/s1. The Balaban J connectivity index is 1.53. The highest BCUT2D eigenvalue weighted by Crippen LogP contribution is 2.37. The zero-order valence-corrected chi connectivity index (χ0v) is 21.2. The van der Waals surface area contributed by atoms with Crippen LogP contribution >= 0.6 is 0 Å². The summed E-state index contributed by atoms with van der Waals surface area (Å²) in [6.07, 6.45) is 5.43. The first-order valence-electron chi connectivity index (χ1n) is 12.8. The molecule has 1 saturated carbocycles. The molecular formula is C29H34N4O3. The summed E-state index contributed by atoms with van der Waals surface area (Å²) >= 11 is 0. The van der Waals surface area contributed by atoms with Gasteiger partial charge in [0.25, 0.3) is 5.91 Å². The molecule has 1 aromatic heterocycles. The van der Waals surface area contributed by atoms with E-state index in [1.54, 1.807) is 16.7 Å². The fraction of sp³-hybridized carbons (Fsp3) is 0.414. The molecule has 3 aromatic rings. The van der Waals surface area contributed by atoms with Crippen molar-refractivity contribution in [2.75, 3.05) is 7.11 Å². The van der Waals surface area contributed by atoms with Crippen LogP contribution in [0.5, 0.6) is 5.75 Å². The van der Waals surface area contributed by atoms with Crippen LogP contribution in [-0.2, 0) is 11.3 Å². The van der Waals surface area contributed by atoms with Crippen LogP contribution in [0.4, 0.5) is 0 Å². The van der Waals surface area contributed by atoms with Crippen LogP contribution in [0.15, 0.2) is 60.7 Å². The third kappa shape index (κ3) is 4.38. The largest absolute Gasteiger partial charge is 0.497 e. The minimum Gasteiger partial charge on any atom is -0.497 e. The van der Waals surface area contributed by atoms with E-state index in [9.17, 15) is 9.59 Å². The number of carbonyl (C=O) groups excluding carboxylic acids is 2. The van der Waals surface area contributed by atoms with Gasteiger partial charge >= 0.3 is 0 Å². The van der Waals surface area contributed by atoms with Gasteiger partial charge < -0.3 is 15.0 Å². The van der Waals surface area contributed by atoms with E-state index in [1.807, 2.05) is 74.5 Å². The minimum atomic E-state index is -1.08. The summed E-state index contributed by atoms with van der Waals surface area (Å²) in [5, 5.41) is 8.05. The van der Waals surface area contributed by atoms with Gasteiger partial charge in [-0.25, -0.2) is 0 Å².